The number of rotatable bonds is 3. The summed E-state index contributed by atoms with van der Waals surface area (Å²) in [6.45, 7) is 0. The molecule has 1 unspecified atom stereocenters. The van der Waals surface area contributed by atoms with Gasteiger partial charge in [0, 0.05) is 5.75 Å². The summed E-state index contributed by atoms with van der Waals surface area (Å²) in [5.41, 5.74) is 1.29. The van der Waals surface area contributed by atoms with E-state index >= 15 is 0 Å². The minimum atomic E-state index is -0.187. The van der Waals surface area contributed by atoms with Crippen molar-refractivity contribution >= 4 is 11.8 Å². The maximum absolute atomic E-state index is 9.80. The molecule has 0 aromatic carbocycles. The fraction of sp³-hybridized carbons (Fsp3) is 0.818. The maximum Gasteiger partial charge on any atom is 0.0840 e. The number of thioether (sulfide) groups is 1. The van der Waals surface area contributed by atoms with E-state index in [0.717, 1.165) is 12.2 Å². The predicted octanol–water partition coefficient (Wildman–Crippen LogP) is 2.99. The van der Waals surface area contributed by atoms with Crippen LogP contribution in [0.25, 0.3) is 0 Å². The van der Waals surface area contributed by atoms with Gasteiger partial charge in [0.2, 0.25) is 0 Å². The zero-order valence-corrected chi connectivity index (χ0v) is 9.28. The smallest absolute Gasteiger partial charge is 0.0840 e. The van der Waals surface area contributed by atoms with Crippen molar-refractivity contribution in [3.05, 3.63) is 11.6 Å². The van der Waals surface area contributed by atoms with Crippen LogP contribution in [-0.2, 0) is 0 Å². The molecule has 0 spiro atoms. The van der Waals surface area contributed by atoms with Gasteiger partial charge in [-0.25, -0.2) is 0 Å². The Balaban J connectivity index is 2.43. The molecular weight excluding hydrogens is 180 g/mol. The van der Waals surface area contributed by atoms with Crippen LogP contribution in [0.3, 0.4) is 0 Å². The standard InChI is InChI=1S/C11H20OS/c1-13-9-11(12)10-7-5-3-2-4-6-8-10/h7,11-12H,2-6,8-9H2,1H3. The highest BCUT2D eigenvalue weighted by molar-refractivity contribution is 7.98. The molecule has 0 aliphatic heterocycles. The van der Waals surface area contributed by atoms with E-state index in [9.17, 15) is 5.11 Å². The van der Waals surface area contributed by atoms with Gasteiger partial charge in [0.15, 0.2) is 0 Å². The van der Waals surface area contributed by atoms with Gasteiger partial charge in [-0.2, -0.15) is 11.8 Å². The fourth-order valence-corrected chi connectivity index (χ4v) is 2.31. The molecule has 1 rings (SSSR count). The van der Waals surface area contributed by atoms with Crippen LogP contribution in [0.1, 0.15) is 38.5 Å². The van der Waals surface area contributed by atoms with Gasteiger partial charge in [0.05, 0.1) is 6.10 Å². The van der Waals surface area contributed by atoms with Crippen LogP contribution in [0, 0.1) is 0 Å². The highest BCUT2D eigenvalue weighted by Crippen LogP contribution is 2.20. The van der Waals surface area contributed by atoms with Gasteiger partial charge >= 0.3 is 0 Å². The molecule has 0 aromatic heterocycles. The topological polar surface area (TPSA) is 20.2 Å². The zero-order chi connectivity index (χ0) is 9.52. The molecule has 0 fully saturated rings. The zero-order valence-electron chi connectivity index (χ0n) is 8.46. The predicted molar refractivity (Wildman–Crippen MR) is 60.2 cm³/mol. The summed E-state index contributed by atoms with van der Waals surface area (Å²) >= 11 is 1.72. The molecule has 0 amide bonds. The van der Waals surface area contributed by atoms with Gasteiger partial charge < -0.3 is 5.11 Å². The van der Waals surface area contributed by atoms with Crippen molar-refractivity contribution in [2.75, 3.05) is 12.0 Å². The van der Waals surface area contributed by atoms with Crippen LogP contribution in [0.15, 0.2) is 11.6 Å². The minimum Gasteiger partial charge on any atom is -0.388 e. The Morgan fingerprint density at radius 1 is 1.38 bits per heavy atom. The summed E-state index contributed by atoms with van der Waals surface area (Å²) in [6.07, 6.45) is 11.7. The molecule has 1 nitrogen and oxygen atoms in total. The molecule has 1 atom stereocenters. The van der Waals surface area contributed by atoms with Crippen LogP contribution in [0.5, 0.6) is 0 Å². The number of aliphatic hydroxyl groups excluding tert-OH is 1. The summed E-state index contributed by atoms with van der Waals surface area (Å²) in [7, 11) is 0. The summed E-state index contributed by atoms with van der Waals surface area (Å²) in [5, 5.41) is 9.80. The van der Waals surface area contributed by atoms with E-state index in [2.05, 4.69) is 6.08 Å². The maximum atomic E-state index is 9.80. The lowest BCUT2D eigenvalue weighted by atomic mass is 9.97. The lowest BCUT2D eigenvalue weighted by Crippen LogP contribution is -2.14. The van der Waals surface area contributed by atoms with E-state index in [1.54, 1.807) is 11.8 Å². The van der Waals surface area contributed by atoms with Crippen molar-refractivity contribution in [2.45, 2.75) is 44.6 Å². The first-order valence-electron chi connectivity index (χ1n) is 5.20. The Kier molecular flexibility index (Phi) is 5.56. The Morgan fingerprint density at radius 3 is 2.92 bits per heavy atom. The third kappa shape index (κ3) is 4.19. The Morgan fingerprint density at radius 2 is 2.15 bits per heavy atom. The van der Waals surface area contributed by atoms with Gasteiger partial charge in [-0.1, -0.05) is 18.9 Å². The van der Waals surface area contributed by atoms with Crippen LogP contribution in [-0.4, -0.2) is 23.2 Å². The van der Waals surface area contributed by atoms with Crippen molar-refractivity contribution in [1.82, 2.24) is 0 Å². The van der Waals surface area contributed by atoms with Crippen LogP contribution < -0.4 is 0 Å². The van der Waals surface area contributed by atoms with Gasteiger partial charge in [-0.05, 0) is 37.5 Å². The number of aliphatic hydroxyl groups is 1. The molecule has 0 saturated heterocycles. The number of hydrogen-bond donors (Lipinski definition) is 1. The first-order valence-corrected chi connectivity index (χ1v) is 6.60. The molecule has 2 heteroatoms. The SMILES string of the molecule is CSCC(O)C1=CCCCCCC1. The third-order valence-electron chi connectivity index (χ3n) is 2.58. The molecular formula is C11H20OS. The Labute approximate surface area is 85.6 Å². The van der Waals surface area contributed by atoms with E-state index in [-0.39, 0.29) is 6.10 Å². The highest BCUT2D eigenvalue weighted by atomic mass is 32.2. The third-order valence-corrected chi connectivity index (χ3v) is 3.23. The van der Waals surface area contributed by atoms with Gasteiger partial charge in [0.25, 0.3) is 0 Å². The van der Waals surface area contributed by atoms with Crippen LogP contribution in [0.4, 0.5) is 0 Å². The van der Waals surface area contributed by atoms with Crippen LogP contribution in [0.2, 0.25) is 0 Å². The summed E-state index contributed by atoms with van der Waals surface area (Å²) in [5.74, 6) is 0.853. The van der Waals surface area contributed by atoms with Crippen molar-refractivity contribution in [2.24, 2.45) is 0 Å². The summed E-state index contributed by atoms with van der Waals surface area (Å²) in [6, 6.07) is 0. The molecule has 1 aliphatic rings. The van der Waals surface area contributed by atoms with E-state index in [1.807, 2.05) is 6.26 Å². The van der Waals surface area contributed by atoms with Gasteiger partial charge in [-0.15, -0.1) is 0 Å². The molecule has 0 radical (unpaired) electrons. The van der Waals surface area contributed by atoms with E-state index < -0.39 is 0 Å². The summed E-state index contributed by atoms with van der Waals surface area (Å²) in [4.78, 5) is 0. The van der Waals surface area contributed by atoms with Crippen molar-refractivity contribution in [3.63, 3.8) is 0 Å². The number of hydrogen-bond acceptors (Lipinski definition) is 2. The fourth-order valence-electron chi connectivity index (χ4n) is 1.78. The molecule has 0 aromatic rings. The van der Waals surface area contributed by atoms with Gasteiger partial charge in [-0.3, -0.25) is 0 Å². The normalized spacial score (nSPS) is 21.5. The first kappa shape index (κ1) is 11.1. The van der Waals surface area contributed by atoms with Crippen LogP contribution >= 0.6 is 11.8 Å². The van der Waals surface area contributed by atoms with E-state index in [4.69, 9.17) is 0 Å². The number of allylic oxidation sites excluding steroid dienone is 1. The first-order chi connectivity index (χ1) is 6.34. The monoisotopic (exact) mass is 200 g/mol. The van der Waals surface area contributed by atoms with E-state index in [1.165, 1.54) is 37.7 Å². The highest BCUT2D eigenvalue weighted by Gasteiger charge is 2.10. The Bertz CT molecular complexity index is 165. The molecule has 0 bridgehead atoms. The lowest BCUT2D eigenvalue weighted by molar-refractivity contribution is 0.229. The average molecular weight is 200 g/mol. The largest absolute Gasteiger partial charge is 0.388 e. The summed E-state index contributed by atoms with van der Waals surface area (Å²) < 4.78 is 0. The quantitative estimate of drug-likeness (QED) is 0.707. The average Bonchev–Trinajstić information content (AvgIpc) is 2.03. The second-order valence-electron chi connectivity index (χ2n) is 3.70. The van der Waals surface area contributed by atoms with Gasteiger partial charge in [0.1, 0.15) is 0 Å². The molecule has 76 valence electrons. The molecule has 0 saturated carbocycles. The van der Waals surface area contributed by atoms with Crippen molar-refractivity contribution in [3.8, 4) is 0 Å². The Hall–Kier alpha value is 0.0500. The molecule has 13 heavy (non-hydrogen) atoms. The molecule has 1 N–H and O–H groups in total. The second-order valence-corrected chi connectivity index (χ2v) is 4.61. The molecule has 1 aliphatic carbocycles. The minimum absolute atomic E-state index is 0.187. The van der Waals surface area contributed by atoms with E-state index in [0.29, 0.717) is 0 Å². The van der Waals surface area contributed by atoms with Crippen molar-refractivity contribution < 1.29 is 5.11 Å². The second kappa shape index (κ2) is 6.50. The lowest BCUT2D eigenvalue weighted by Gasteiger charge is -2.16. The van der Waals surface area contributed by atoms with Crippen molar-refractivity contribution in [1.29, 1.82) is 0 Å². The molecule has 0 heterocycles.